The van der Waals surface area contributed by atoms with Crippen molar-refractivity contribution in [3.8, 4) is 77.9 Å². The molecule has 0 amide bonds. The van der Waals surface area contributed by atoms with Crippen LogP contribution in [0.1, 0.15) is 5.56 Å². The first kappa shape index (κ1) is 30.1. The first-order chi connectivity index (χ1) is 25.8. The Morgan fingerprint density at radius 3 is 1.08 bits per heavy atom. The smallest absolute Gasteiger partial charge is 0.000740 e. The van der Waals surface area contributed by atoms with Crippen LogP contribution in [0.4, 0.5) is 0 Å². The highest BCUT2D eigenvalue weighted by molar-refractivity contribution is 6.30. The van der Waals surface area contributed by atoms with Crippen molar-refractivity contribution in [2.24, 2.45) is 0 Å². The van der Waals surface area contributed by atoms with Crippen molar-refractivity contribution >= 4 is 27.6 Å². The molecule has 0 radical (unpaired) electrons. The minimum absolute atomic E-state index is 1.12. The Balaban J connectivity index is 1.33. The van der Waals surface area contributed by atoms with Crippen LogP contribution in [0.5, 0.6) is 0 Å². The van der Waals surface area contributed by atoms with Crippen molar-refractivity contribution in [3.05, 3.63) is 200 Å². The maximum absolute atomic E-state index is 4.01. The predicted molar refractivity (Wildman–Crippen MR) is 223 cm³/mol. The van der Waals surface area contributed by atoms with Crippen LogP contribution in [0.3, 0.4) is 0 Å². The molecule has 9 aromatic carbocycles. The monoisotopic (exact) mass is 658 g/mol. The van der Waals surface area contributed by atoms with Crippen LogP contribution in [0, 0.1) is 0 Å². The molecule has 0 aromatic heterocycles. The maximum Gasteiger partial charge on any atom is -0.000740 e. The molecule has 0 nitrogen and oxygen atoms in total. The Morgan fingerprint density at radius 2 is 0.615 bits per heavy atom. The molecule has 0 fully saturated rings. The van der Waals surface area contributed by atoms with Gasteiger partial charge in [-0.15, -0.1) is 0 Å². The summed E-state index contributed by atoms with van der Waals surface area (Å²) in [4.78, 5) is 0. The molecule has 0 heterocycles. The zero-order valence-corrected chi connectivity index (χ0v) is 28.7. The fraction of sp³-hybridized carbons (Fsp3) is 0. The third kappa shape index (κ3) is 4.69. The van der Waals surface area contributed by atoms with Crippen molar-refractivity contribution < 1.29 is 0 Å². The van der Waals surface area contributed by atoms with E-state index in [1.54, 1.807) is 0 Å². The topological polar surface area (TPSA) is 0 Å². The molecular weight excluding hydrogens is 625 g/mol. The number of benzene rings is 9. The lowest BCUT2D eigenvalue weighted by atomic mass is 9.82. The molecule has 0 saturated carbocycles. The first-order valence-electron chi connectivity index (χ1n) is 18.0. The lowest BCUT2D eigenvalue weighted by molar-refractivity contribution is 1.60. The Hall–Kier alpha value is -6.76. The lowest BCUT2D eigenvalue weighted by Crippen LogP contribution is -1.93. The normalized spacial score (nSPS) is 11.5. The fourth-order valence-corrected chi connectivity index (χ4v) is 8.45. The Bertz CT molecular complexity index is 2700. The van der Waals surface area contributed by atoms with Crippen LogP contribution >= 0.6 is 0 Å². The largest absolute Gasteiger partial charge is 0.0985 e. The van der Waals surface area contributed by atoms with E-state index in [0.717, 1.165) is 5.56 Å². The molecule has 242 valence electrons. The average Bonchev–Trinajstić information content (AvgIpc) is 3.55. The zero-order valence-electron chi connectivity index (χ0n) is 28.7. The van der Waals surface area contributed by atoms with Gasteiger partial charge in [0.2, 0.25) is 0 Å². The summed E-state index contributed by atoms with van der Waals surface area (Å²) in [6, 6.07) is 68.9. The quantitative estimate of drug-likeness (QED) is 0.167. The summed E-state index contributed by atoms with van der Waals surface area (Å²) in [5.74, 6) is 0. The Labute approximate surface area is 304 Å². The summed E-state index contributed by atoms with van der Waals surface area (Å²) in [6.07, 6.45) is 1.91. The molecule has 0 heteroatoms. The van der Waals surface area contributed by atoms with Gasteiger partial charge in [0.05, 0.1) is 0 Å². The molecule has 0 atom stereocenters. The molecule has 0 N–H and O–H groups in total. The molecule has 0 saturated heterocycles. The molecule has 0 unspecified atom stereocenters. The Morgan fingerprint density at radius 1 is 0.269 bits per heavy atom. The van der Waals surface area contributed by atoms with Crippen molar-refractivity contribution in [3.63, 3.8) is 0 Å². The van der Waals surface area contributed by atoms with Crippen LogP contribution < -0.4 is 0 Å². The van der Waals surface area contributed by atoms with Crippen LogP contribution in [0.15, 0.2) is 195 Å². The van der Waals surface area contributed by atoms with Crippen LogP contribution in [-0.4, -0.2) is 0 Å². The van der Waals surface area contributed by atoms with Crippen LogP contribution in [0.25, 0.3) is 106 Å². The van der Waals surface area contributed by atoms with E-state index in [0.29, 0.717) is 0 Å². The molecule has 0 aliphatic heterocycles. The SMILES string of the molecule is C=Cc1ccc(-c2ccc3c4c(ccc(-c5ccc(-c6ccccc6)cc5)c24)-c2c-3c(-c3ccccc3)c3ccccc3c2-c2ccccc2)cc1. The fourth-order valence-electron chi connectivity index (χ4n) is 8.45. The summed E-state index contributed by atoms with van der Waals surface area (Å²) >= 11 is 0. The van der Waals surface area contributed by atoms with E-state index in [2.05, 4.69) is 195 Å². The van der Waals surface area contributed by atoms with Gasteiger partial charge in [0.25, 0.3) is 0 Å². The average molecular weight is 659 g/mol. The number of fused-ring (bicyclic) bond motifs is 4. The summed E-state index contributed by atoms with van der Waals surface area (Å²) in [5.41, 5.74) is 18.7. The molecule has 1 aliphatic carbocycles. The van der Waals surface area contributed by atoms with E-state index in [-0.39, 0.29) is 0 Å². The summed E-state index contributed by atoms with van der Waals surface area (Å²) in [5, 5.41) is 5.14. The van der Waals surface area contributed by atoms with Crippen molar-refractivity contribution in [1.82, 2.24) is 0 Å². The molecular formula is C52H34. The summed E-state index contributed by atoms with van der Waals surface area (Å²) in [6.45, 7) is 4.01. The number of hydrogen-bond donors (Lipinski definition) is 0. The molecule has 9 aromatic rings. The van der Waals surface area contributed by atoms with Crippen molar-refractivity contribution in [1.29, 1.82) is 0 Å². The van der Waals surface area contributed by atoms with E-state index in [9.17, 15) is 0 Å². The van der Waals surface area contributed by atoms with E-state index in [4.69, 9.17) is 0 Å². The van der Waals surface area contributed by atoms with E-state index < -0.39 is 0 Å². The second kappa shape index (κ2) is 12.2. The molecule has 0 spiro atoms. The first-order valence-corrected chi connectivity index (χ1v) is 18.0. The highest BCUT2D eigenvalue weighted by Gasteiger charge is 2.32. The van der Waals surface area contributed by atoms with Crippen molar-refractivity contribution in [2.45, 2.75) is 0 Å². The molecule has 0 bridgehead atoms. The van der Waals surface area contributed by atoms with Gasteiger partial charge in [-0.25, -0.2) is 0 Å². The lowest BCUT2D eigenvalue weighted by Gasteiger charge is -2.20. The Kier molecular flexibility index (Phi) is 7.08. The van der Waals surface area contributed by atoms with Crippen LogP contribution in [0.2, 0.25) is 0 Å². The molecule has 52 heavy (non-hydrogen) atoms. The minimum Gasteiger partial charge on any atom is -0.0985 e. The minimum atomic E-state index is 1.12. The van der Waals surface area contributed by atoms with Crippen molar-refractivity contribution in [2.75, 3.05) is 0 Å². The highest BCUT2D eigenvalue weighted by Crippen LogP contribution is 2.59. The zero-order chi connectivity index (χ0) is 34.6. The van der Waals surface area contributed by atoms with Gasteiger partial charge in [-0.05, 0) is 105 Å². The standard InChI is InChI=1S/C52H34/c1-2-34-22-24-37(25-23-34)41-30-32-45-50-46(33-31-42(49(41)50)38-28-26-36(27-29-38)35-14-6-3-7-15-35)52-48(40-18-10-5-11-19-40)44-21-13-12-20-43(44)47(51(45)52)39-16-8-4-9-17-39/h2-33H,1H2. The summed E-state index contributed by atoms with van der Waals surface area (Å²) < 4.78 is 0. The van der Waals surface area contributed by atoms with E-state index in [1.165, 1.54) is 99.4 Å². The number of hydrogen-bond acceptors (Lipinski definition) is 0. The van der Waals surface area contributed by atoms with Gasteiger partial charge in [-0.1, -0.05) is 201 Å². The highest BCUT2D eigenvalue weighted by atomic mass is 14.3. The van der Waals surface area contributed by atoms with Gasteiger partial charge < -0.3 is 0 Å². The third-order valence-electron chi connectivity index (χ3n) is 10.8. The molecule has 10 rings (SSSR count). The van der Waals surface area contributed by atoms with Gasteiger partial charge in [0, 0.05) is 0 Å². The second-order valence-corrected chi connectivity index (χ2v) is 13.6. The van der Waals surface area contributed by atoms with Gasteiger partial charge in [0.15, 0.2) is 0 Å². The van der Waals surface area contributed by atoms with Crippen LogP contribution in [-0.2, 0) is 0 Å². The van der Waals surface area contributed by atoms with Gasteiger partial charge in [-0.3, -0.25) is 0 Å². The van der Waals surface area contributed by atoms with Gasteiger partial charge in [0.1, 0.15) is 0 Å². The predicted octanol–water partition coefficient (Wildman–Crippen LogP) is 14.6. The van der Waals surface area contributed by atoms with Gasteiger partial charge in [-0.2, -0.15) is 0 Å². The van der Waals surface area contributed by atoms with E-state index in [1.807, 2.05) is 6.08 Å². The maximum atomic E-state index is 4.01. The summed E-state index contributed by atoms with van der Waals surface area (Å²) in [7, 11) is 0. The third-order valence-corrected chi connectivity index (χ3v) is 10.8. The van der Waals surface area contributed by atoms with Gasteiger partial charge >= 0.3 is 0 Å². The second-order valence-electron chi connectivity index (χ2n) is 13.6. The number of rotatable bonds is 6. The molecule has 1 aliphatic rings. The van der Waals surface area contributed by atoms with E-state index >= 15 is 0 Å².